The highest BCUT2D eigenvalue weighted by molar-refractivity contribution is 6.02. The Bertz CT molecular complexity index is 629. The smallest absolute Gasteiger partial charge is 0.244 e. The van der Waals surface area contributed by atoms with Gasteiger partial charge in [0.1, 0.15) is 24.5 Å². The standard InChI is InChI=1S/C12H12N6O/c13-17-10-5-11(15-7-14-10)18-6-12(19)16-8-3-1-2-4-9(8)18/h1-5,7H,6,13H2,(H,16,19)(H,14,15,17). The van der Waals surface area contributed by atoms with Crippen molar-refractivity contribution in [1.29, 1.82) is 0 Å². The number of nitrogen functional groups attached to an aromatic ring is 1. The monoisotopic (exact) mass is 256 g/mol. The second-order valence-corrected chi connectivity index (χ2v) is 4.06. The fourth-order valence-corrected chi connectivity index (χ4v) is 2.01. The van der Waals surface area contributed by atoms with E-state index in [-0.39, 0.29) is 12.5 Å². The molecule has 0 bridgehead atoms. The van der Waals surface area contributed by atoms with Crippen molar-refractivity contribution in [3.63, 3.8) is 0 Å². The number of hydrogen-bond donors (Lipinski definition) is 3. The molecule has 1 aromatic heterocycles. The number of rotatable bonds is 2. The Morgan fingerprint density at radius 1 is 1.32 bits per heavy atom. The molecule has 0 spiro atoms. The van der Waals surface area contributed by atoms with Gasteiger partial charge in [-0.1, -0.05) is 12.1 Å². The van der Waals surface area contributed by atoms with E-state index in [0.717, 1.165) is 11.4 Å². The van der Waals surface area contributed by atoms with Crippen LogP contribution >= 0.6 is 0 Å². The zero-order chi connectivity index (χ0) is 13.2. The number of aromatic nitrogens is 2. The van der Waals surface area contributed by atoms with Gasteiger partial charge in [0.15, 0.2) is 0 Å². The Kier molecular flexibility index (Phi) is 2.73. The SMILES string of the molecule is NNc1cc(N2CC(=O)Nc3ccccc32)ncn1. The Hall–Kier alpha value is -2.67. The van der Waals surface area contributed by atoms with E-state index in [9.17, 15) is 4.79 Å². The van der Waals surface area contributed by atoms with Gasteiger partial charge in [0, 0.05) is 6.07 Å². The first-order valence-corrected chi connectivity index (χ1v) is 5.73. The largest absolute Gasteiger partial charge is 0.323 e. The number of fused-ring (bicyclic) bond motifs is 1. The normalized spacial score (nSPS) is 13.7. The van der Waals surface area contributed by atoms with E-state index in [1.54, 1.807) is 6.07 Å². The predicted molar refractivity (Wildman–Crippen MR) is 71.9 cm³/mol. The third kappa shape index (κ3) is 2.06. The van der Waals surface area contributed by atoms with Gasteiger partial charge in [-0.25, -0.2) is 15.8 Å². The summed E-state index contributed by atoms with van der Waals surface area (Å²) in [5, 5.41) is 2.82. The molecule has 0 aliphatic carbocycles. The molecule has 0 saturated heterocycles. The van der Waals surface area contributed by atoms with Crippen molar-refractivity contribution in [3.8, 4) is 0 Å². The number of carbonyl (C=O) groups excluding carboxylic acids is 1. The van der Waals surface area contributed by atoms with E-state index < -0.39 is 0 Å². The molecule has 0 saturated carbocycles. The number of nitrogens with zero attached hydrogens (tertiary/aromatic N) is 3. The number of benzene rings is 1. The minimum absolute atomic E-state index is 0.0837. The first-order chi connectivity index (χ1) is 9.28. The molecular weight excluding hydrogens is 244 g/mol. The Labute approximate surface area is 109 Å². The van der Waals surface area contributed by atoms with E-state index in [0.29, 0.717) is 11.6 Å². The number of nitrogens with one attached hydrogen (secondary N) is 2. The Morgan fingerprint density at radius 3 is 3.00 bits per heavy atom. The molecule has 0 unspecified atom stereocenters. The minimum Gasteiger partial charge on any atom is -0.323 e. The van der Waals surface area contributed by atoms with Crippen LogP contribution in [0.4, 0.5) is 23.0 Å². The highest BCUT2D eigenvalue weighted by Crippen LogP contribution is 2.33. The molecule has 1 amide bonds. The van der Waals surface area contributed by atoms with Gasteiger partial charge in [0.2, 0.25) is 5.91 Å². The molecule has 0 fully saturated rings. The number of hydrazine groups is 1. The molecule has 1 aliphatic heterocycles. The first-order valence-electron chi connectivity index (χ1n) is 5.73. The van der Waals surface area contributed by atoms with Crippen molar-refractivity contribution in [3.05, 3.63) is 36.7 Å². The van der Waals surface area contributed by atoms with Crippen LogP contribution in [-0.2, 0) is 4.79 Å². The van der Waals surface area contributed by atoms with E-state index in [1.165, 1.54) is 6.33 Å². The lowest BCUT2D eigenvalue weighted by molar-refractivity contribution is -0.115. The number of hydrogen-bond acceptors (Lipinski definition) is 6. The summed E-state index contributed by atoms with van der Waals surface area (Å²) in [6.45, 7) is 0.206. The summed E-state index contributed by atoms with van der Waals surface area (Å²) >= 11 is 0. The minimum atomic E-state index is -0.0837. The molecule has 1 aliphatic rings. The van der Waals surface area contributed by atoms with E-state index in [1.807, 2.05) is 29.2 Å². The molecule has 1 aromatic carbocycles. The highest BCUT2D eigenvalue weighted by atomic mass is 16.2. The van der Waals surface area contributed by atoms with Crippen molar-refractivity contribution >= 4 is 28.9 Å². The van der Waals surface area contributed by atoms with Crippen LogP contribution in [0.5, 0.6) is 0 Å². The van der Waals surface area contributed by atoms with Crippen molar-refractivity contribution in [2.45, 2.75) is 0 Å². The van der Waals surface area contributed by atoms with Crippen LogP contribution < -0.4 is 21.5 Å². The summed E-state index contributed by atoms with van der Waals surface area (Å²) in [6.07, 6.45) is 1.40. The molecule has 0 radical (unpaired) electrons. The van der Waals surface area contributed by atoms with Crippen molar-refractivity contribution in [2.24, 2.45) is 5.84 Å². The number of carbonyl (C=O) groups is 1. The van der Waals surface area contributed by atoms with Gasteiger partial charge < -0.3 is 15.6 Å². The summed E-state index contributed by atoms with van der Waals surface area (Å²) in [7, 11) is 0. The molecule has 2 aromatic rings. The van der Waals surface area contributed by atoms with Crippen LogP contribution in [0.1, 0.15) is 0 Å². The summed E-state index contributed by atoms with van der Waals surface area (Å²) in [5.41, 5.74) is 4.12. The van der Waals surface area contributed by atoms with Crippen LogP contribution in [-0.4, -0.2) is 22.4 Å². The van der Waals surface area contributed by atoms with Gasteiger partial charge in [0.25, 0.3) is 0 Å². The maximum atomic E-state index is 11.7. The second kappa shape index (κ2) is 4.54. The summed E-state index contributed by atoms with van der Waals surface area (Å²) in [5.74, 6) is 6.36. The number of anilines is 4. The molecule has 7 nitrogen and oxygen atoms in total. The summed E-state index contributed by atoms with van der Waals surface area (Å²) in [4.78, 5) is 21.7. The summed E-state index contributed by atoms with van der Waals surface area (Å²) in [6, 6.07) is 9.24. The Morgan fingerprint density at radius 2 is 2.16 bits per heavy atom. The van der Waals surface area contributed by atoms with E-state index >= 15 is 0 Å². The average Bonchev–Trinajstić information content (AvgIpc) is 2.46. The third-order valence-corrected chi connectivity index (χ3v) is 2.85. The lowest BCUT2D eigenvalue weighted by Crippen LogP contribution is -2.35. The van der Waals surface area contributed by atoms with E-state index in [2.05, 4.69) is 20.7 Å². The topological polar surface area (TPSA) is 96.2 Å². The molecule has 4 N–H and O–H groups in total. The number of nitrogens with two attached hydrogens (primary N) is 1. The van der Waals surface area contributed by atoms with Crippen LogP contribution in [0.2, 0.25) is 0 Å². The molecule has 0 atom stereocenters. The fourth-order valence-electron chi connectivity index (χ4n) is 2.01. The van der Waals surface area contributed by atoms with Gasteiger partial charge in [-0.2, -0.15) is 0 Å². The van der Waals surface area contributed by atoms with Crippen LogP contribution in [0.3, 0.4) is 0 Å². The quantitative estimate of drug-likeness (QED) is 0.544. The lowest BCUT2D eigenvalue weighted by atomic mass is 10.2. The zero-order valence-electron chi connectivity index (χ0n) is 10.00. The highest BCUT2D eigenvalue weighted by Gasteiger charge is 2.23. The van der Waals surface area contributed by atoms with Crippen molar-refractivity contribution < 1.29 is 4.79 Å². The molecule has 7 heteroatoms. The second-order valence-electron chi connectivity index (χ2n) is 4.06. The van der Waals surface area contributed by atoms with Crippen LogP contribution in [0.25, 0.3) is 0 Å². The lowest BCUT2D eigenvalue weighted by Gasteiger charge is -2.29. The fraction of sp³-hybridized carbons (Fsp3) is 0.0833. The maximum Gasteiger partial charge on any atom is 0.244 e. The van der Waals surface area contributed by atoms with E-state index in [4.69, 9.17) is 5.84 Å². The van der Waals surface area contributed by atoms with Gasteiger partial charge in [0.05, 0.1) is 11.4 Å². The summed E-state index contributed by atoms with van der Waals surface area (Å²) < 4.78 is 0. The van der Waals surface area contributed by atoms with Gasteiger partial charge in [-0.05, 0) is 12.1 Å². The van der Waals surface area contributed by atoms with Gasteiger partial charge in [-0.15, -0.1) is 0 Å². The molecular formula is C12H12N6O. The molecule has 3 rings (SSSR count). The number of para-hydroxylation sites is 2. The first kappa shape index (κ1) is 11.4. The maximum absolute atomic E-state index is 11.7. The van der Waals surface area contributed by atoms with Crippen LogP contribution in [0.15, 0.2) is 36.7 Å². The van der Waals surface area contributed by atoms with Gasteiger partial charge >= 0.3 is 0 Å². The molecule has 19 heavy (non-hydrogen) atoms. The van der Waals surface area contributed by atoms with Crippen molar-refractivity contribution in [1.82, 2.24) is 9.97 Å². The molecule has 96 valence electrons. The molecule has 2 heterocycles. The predicted octanol–water partition coefficient (Wildman–Crippen LogP) is 0.852. The van der Waals surface area contributed by atoms with Crippen LogP contribution in [0, 0.1) is 0 Å². The number of amides is 1. The van der Waals surface area contributed by atoms with Crippen molar-refractivity contribution in [2.75, 3.05) is 22.2 Å². The zero-order valence-corrected chi connectivity index (χ0v) is 10.00. The third-order valence-electron chi connectivity index (χ3n) is 2.85. The average molecular weight is 256 g/mol. The Balaban J connectivity index is 2.07. The van der Waals surface area contributed by atoms with Gasteiger partial charge in [-0.3, -0.25) is 4.79 Å².